The van der Waals surface area contributed by atoms with Gasteiger partial charge >= 0.3 is 0 Å². The Bertz CT molecular complexity index is 1370. The number of carbonyl (C=O) groups is 1. The summed E-state index contributed by atoms with van der Waals surface area (Å²) in [7, 11) is 0. The third kappa shape index (κ3) is 5.25. The van der Waals surface area contributed by atoms with Crippen LogP contribution in [0.1, 0.15) is 36.7 Å². The zero-order valence-electron chi connectivity index (χ0n) is 21.8. The summed E-state index contributed by atoms with van der Waals surface area (Å²) in [4.78, 5) is 24.6. The molecule has 204 valence electrons. The standard InChI is InChI=1S/C29H31ClFN5O3/c1-2-38-28-21(4-3-10-33-28)23-6-8-25(26(35-23)27(37)34-19-9-11-32-15-19)39-20-13-29(14-20)16-36(17-29)24-7-5-18(31)12-22(24)30/h3-8,10,12,19-20,32H,2,9,11,13-17H2,1H3,(H,34,37)/t19-/m1/s1. The molecule has 3 aliphatic rings. The molecule has 1 spiro atoms. The van der Waals surface area contributed by atoms with Gasteiger partial charge in [-0.05, 0) is 75.2 Å². The van der Waals surface area contributed by atoms with E-state index in [1.54, 1.807) is 12.3 Å². The van der Waals surface area contributed by atoms with E-state index in [-0.39, 0.29) is 35.0 Å². The first kappa shape index (κ1) is 25.8. The molecule has 1 atom stereocenters. The van der Waals surface area contributed by atoms with E-state index in [2.05, 4.69) is 20.5 Å². The topological polar surface area (TPSA) is 88.6 Å². The lowest BCUT2D eigenvalue weighted by atomic mass is 9.61. The number of aromatic nitrogens is 2. The van der Waals surface area contributed by atoms with Gasteiger partial charge in [-0.15, -0.1) is 0 Å². The lowest BCUT2D eigenvalue weighted by Gasteiger charge is -2.59. The number of hydrogen-bond donors (Lipinski definition) is 2. The van der Waals surface area contributed by atoms with Crippen molar-refractivity contribution in [1.82, 2.24) is 20.6 Å². The van der Waals surface area contributed by atoms with Crippen LogP contribution in [-0.2, 0) is 0 Å². The number of halogens is 2. The Labute approximate surface area is 231 Å². The fourth-order valence-electron chi connectivity index (χ4n) is 5.82. The van der Waals surface area contributed by atoms with E-state index in [9.17, 15) is 9.18 Å². The predicted octanol–water partition coefficient (Wildman–Crippen LogP) is 4.47. The van der Waals surface area contributed by atoms with Crippen molar-refractivity contribution in [3.63, 3.8) is 0 Å². The van der Waals surface area contributed by atoms with Crippen molar-refractivity contribution >= 4 is 23.2 Å². The van der Waals surface area contributed by atoms with Crippen LogP contribution in [-0.4, -0.2) is 60.8 Å². The van der Waals surface area contributed by atoms with Gasteiger partial charge in [0.2, 0.25) is 5.88 Å². The minimum atomic E-state index is -0.336. The number of carbonyl (C=O) groups excluding carboxylic acids is 1. The van der Waals surface area contributed by atoms with Gasteiger partial charge in [-0.3, -0.25) is 4.79 Å². The number of rotatable bonds is 8. The first-order valence-electron chi connectivity index (χ1n) is 13.4. The van der Waals surface area contributed by atoms with Crippen LogP contribution in [0.2, 0.25) is 5.02 Å². The average Bonchev–Trinajstić information content (AvgIpc) is 3.39. The summed E-state index contributed by atoms with van der Waals surface area (Å²) in [5.74, 6) is 0.362. The van der Waals surface area contributed by atoms with Gasteiger partial charge in [0.1, 0.15) is 11.9 Å². The summed E-state index contributed by atoms with van der Waals surface area (Å²) in [6.45, 7) is 5.68. The second-order valence-corrected chi connectivity index (χ2v) is 11.0. The molecule has 3 fully saturated rings. The first-order valence-corrected chi connectivity index (χ1v) is 13.8. The fourth-order valence-corrected chi connectivity index (χ4v) is 6.11. The van der Waals surface area contributed by atoms with Crippen LogP contribution in [0.4, 0.5) is 10.1 Å². The lowest BCUT2D eigenvalue weighted by Crippen LogP contribution is -2.65. The van der Waals surface area contributed by atoms with Crippen molar-refractivity contribution in [2.24, 2.45) is 5.41 Å². The second kappa shape index (κ2) is 10.6. The Balaban J connectivity index is 1.18. The summed E-state index contributed by atoms with van der Waals surface area (Å²) >= 11 is 6.25. The summed E-state index contributed by atoms with van der Waals surface area (Å²) in [5, 5.41) is 6.80. The molecule has 2 N–H and O–H groups in total. The zero-order valence-corrected chi connectivity index (χ0v) is 22.5. The highest BCUT2D eigenvalue weighted by atomic mass is 35.5. The zero-order chi connectivity index (χ0) is 27.0. The molecule has 0 bridgehead atoms. The molecule has 2 aliphatic heterocycles. The molecular formula is C29H31ClFN5O3. The third-order valence-electron chi connectivity index (χ3n) is 7.71. The van der Waals surface area contributed by atoms with E-state index in [4.69, 9.17) is 26.1 Å². The predicted molar refractivity (Wildman–Crippen MR) is 147 cm³/mol. The van der Waals surface area contributed by atoms with E-state index < -0.39 is 0 Å². The molecular weight excluding hydrogens is 521 g/mol. The Morgan fingerprint density at radius 2 is 2.10 bits per heavy atom. The maximum absolute atomic E-state index is 13.4. The molecule has 6 rings (SSSR count). The number of anilines is 1. The quantitative estimate of drug-likeness (QED) is 0.427. The molecule has 39 heavy (non-hydrogen) atoms. The molecule has 0 radical (unpaired) electrons. The first-order chi connectivity index (χ1) is 18.9. The molecule has 3 aromatic rings. The van der Waals surface area contributed by atoms with Gasteiger partial charge in [0.05, 0.1) is 28.6 Å². The highest BCUT2D eigenvalue weighted by Gasteiger charge is 2.54. The van der Waals surface area contributed by atoms with Crippen molar-refractivity contribution in [1.29, 1.82) is 0 Å². The van der Waals surface area contributed by atoms with E-state index in [0.717, 1.165) is 56.7 Å². The van der Waals surface area contributed by atoms with Crippen LogP contribution in [0.3, 0.4) is 0 Å². The van der Waals surface area contributed by atoms with Gasteiger partial charge in [0.25, 0.3) is 5.91 Å². The van der Waals surface area contributed by atoms with Gasteiger partial charge in [-0.2, -0.15) is 0 Å². The third-order valence-corrected chi connectivity index (χ3v) is 8.02. The summed E-state index contributed by atoms with van der Waals surface area (Å²) < 4.78 is 25.5. The van der Waals surface area contributed by atoms with Crippen LogP contribution in [0.15, 0.2) is 48.7 Å². The molecule has 1 amide bonds. The molecule has 2 saturated heterocycles. The minimum Gasteiger partial charge on any atom is -0.488 e. The summed E-state index contributed by atoms with van der Waals surface area (Å²) in [5.41, 5.74) is 2.59. The molecule has 8 nitrogen and oxygen atoms in total. The van der Waals surface area contributed by atoms with Crippen molar-refractivity contribution in [2.45, 2.75) is 38.3 Å². The molecule has 1 saturated carbocycles. The van der Waals surface area contributed by atoms with Crippen LogP contribution < -0.4 is 25.0 Å². The maximum Gasteiger partial charge on any atom is 0.274 e. The normalized spacial score (nSPS) is 19.9. The number of nitrogens with zero attached hydrogens (tertiary/aromatic N) is 3. The van der Waals surface area contributed by atoms with Gasteiger partial charge in [0.15, 0.2) is 11.4 Å². The van der Waals surface area contributed by atoms with Crippen molar-refractivity contribution in [3.05, 3.63) is 65.2 Å². The van der Waals surface area contributed by atoms with E-state index >= 15 is 0 Å². The van der Waals surface area contributed by atoms with Gasteiger partial charge in [-0.25, -0.2) is 14.4 Å². The summed E-state index contributed by atoms with van der Waals surface area (Å²) in [6.07, 6.45) is 4.27. The largest absolute Gasteiger partial charge is 0.488 e. The SMILES string of the molecule is CCOc1ncccc1-c1ccc(OC2CC3(C2)CN(c2ccc(F)cc2Cl)C3)c(C(=O)N[C@@H]2CCNC2)n1. The van der Waals surface area contributed by atoms with Gasteiger partial charge in [-0.1, -0.05) is 11.6 Å². The Hall–Kier alpha value is -3.43. The smallest absolute Gasteiger partial charge is 0.274 e. The molecule has 2 aromatic heterocycles. The molecule has 0 unspecified atom stereocenters. The average molecular weight is 552 g/mol. The fraction of sp³-hybridized carbons (Fsp3) is 0.414. The molecule has 1 aromatic carbocycles. The Kier molecular flexibility index (Phi) is 7.03. The Morgan fingerprint density at radius 1 is 1.26 bits per heavy atom. The van der Waals surface area contributed by atoms with Crippen molar-refractivity contribution in [3.8, 4) is 22.9 Å². The number of ether oxygens (including phenoxy) is 2. The minimum absolute atomic E-state index is 0.0134. The number of pyridine rings is 2. The highest BCUT2D eigenvalue weighted by Crippen LogP contribution is 2.52. The molecule has 4 heterocycles. The van der Waals surface area contributed by atoms with Crippen LogP contribution in [0.25, 0.3) is 11.3 Å². The second-order valence-electron chi connectivity index (χ2n) is 10.6. The monoisotopic (exact) mass is 551 g/mol. The number of benzene rings is 1. The Morgan fingerprint density at radius 3 is 2.85 bits per heavy atom. The number of nitrogens with one attached hydrogen (secondary N) is 2. The van der Waals surface area contributed by atoms with E-state index in [0.29, 0.717) is 29.0 Å². The number of hydrogen-bond acceptors (Lipinski definition) is 7. The van der Waals surface area contributed by atoms with Crippen LogP contribution in [0, 0.1) is 11.2 Å². The van der Waals surface area contributed by atoms with Crippen LogP contribution >= 0.6 is 11.6 Å². The highest BCUT2D eigenvalue weighted by molar-refractivity contribution is 6.33. The van der Waals surface area contributed by atoms with Gasteiger partial charge in [0, 0.05) is 37.3 Å². The molecule has 10 heteroatoms. The maximum atomic E-state index is 13.4. The van der Waals surface area contributed by atoms with Crippen molar-refractivity contribution in [2.75, 3.05) is 37.7 Å². The van der Waals surface area contributed by atoms with E-state index in [1.807, 2.05) is 31.2 Å². The summed E-state index contributed by atoms with van der Waals surface area (Å²) in [6, 6.07) is 11.9. The van der Waals surface area contributed by atoms with Crippen LogP contribution in [0.5, 0.6) is 11.6 Å². The molecule has 1 aliphatic carbocycles. The van der Waals surface area contributed by atoms with E-state index in [1.165, 1.54) is 12.1 Å². The van der Waals surface area contributed by atoms with Gasteiger partial charge < -0.3 is 25.0 Å². The van der Waals surface area contributed by atoms with Crippen molar-refractivity contribution < 1.29 is 18.7 Å². The number of amides is 1. The lowest BCUT2D eigenvalue weighted by molar-refractivity contribution is -0.0344.